The van der Waals surface area contributed by atoms with Crippen LogP contribution in [-0.2, 0) is 32.7 Å². The molecule has 0 aliphatic heterocycles. The van der Waals surface area contributed by atoms with Gasteiger partial charge in [0.1, 0.15) is 11.5 Å². The van der Waals surface area contributed by atoms with E-state index in [1.807, 2.05) is 110 Å². The van der Waals surface area contributed by atoms with Gasteiger partial charge in [-0.1, -0.05) is 103 Å². The Kier molecular flexibility index (Phi) is 112. The molecule has 0 atom stereocenters. The molecular weight excluding hydrogens is 557 g/mol. The van der Waals surface area contributed by atoms with E-state index in [0.29, 0.717) is 11.5 Å². The zero-order valence-corrected chi connectivity index (χ0v) is 29.9. The number of para-hydroxylation sites is 2. The summed E-state index contributed by atoms with van der Waals surface area (Å²) < 4.78 is 0. The summed E-state index contributed by atoms with van der Waals surface area (Å²) in [6.07, 6.45) is 6.28. The number of aliphatic hydroxyl groups excluding tert-OH is 1. The van der Waals surface area contributed by atoms with Crippen molar-refractivity contribution in [3.63, 3.8) is 0 Å². The van der Waals surface area contributed by atoms with Gasteiger partial charge >= 0.3 is 32.7 Å². The van der Waals surface area contributed by atoms with Gasteiger partial charge in [-0.2, -0.15) is 49.7 Å². The van der Waals surface area contributed by atoms with E-state index in [1.54, 1.807) is 55.5 Å². The fourth-order valence-corrected chi connectivity index (χ4v) is 1.20. The Bertz CT molecular complexity index is 576. The first kappa shape index (κ1) is 57.1. The van der Waals surface area contributed by atoms with Crippen LogP contribution in [0, 0.1) is 19.9 Å². The van der Waals surface area contributed by atoms with E-state index >= 15 is 0 Å². The van der Waals surface area contributed by atoms with E-state index in [0.717, 1.165) is 13.5 Å². The monoisotopic (exact) mass is 618 g/mol. The molecule has 3 aromatic rings. The molecule has 0 saturated heterocycles. The molecule has 0 heterocycles. The molecule has 0 unspecified atom stereocenters. The van der Waals surface area contributed by atoms with E-state index in [4.69, 9.17) is 15.3 Å². The normalized spacial score (nSPS) is 6.82. The second kappa shape index (κ2) is 76.6. The first-order valence-electron chi connectivity index (χ1n) is 13.5. The SMILES string of the molecule is C/C=C/C.CC.CC.CC.CO.Oc1ccccc1.Oc1ccccc1.[CH2-]C.[CH2-]CCC.[Y+3].[c-]1ccccc1. The van der Waals surface area contributed by atoms with Crippen LogP contribution >= 0.6 is 0 Å². The number of hydrogen-bond donors (Lipinski definition) is 3. The molecule has 3 nitrogen and oxygen atoms in total. The van der Waals surface area contributed by atoms with Crippen LogP contribution in [-0.4, -0.2) is 22.4 Å². The topological polar surface area (TPSA) is 60.7 Å². The number of aromatic hydroxyl groups is 2. The van der Waals surface area contributed by atoms with Crippen molar-refractivity contribution in [1.82, 2.24) is 0 Å². The number of hydrogen-bond acceptors (Lipinski definition) is 3. The van der Waals surface area contributed by atoms with Crippen molar-refractivity contribution in [3.8, 4) is 11.5 Å². The first-order chi connectivity index (χ1) is 18.6. The Morgan fingerprint density at radius 1 is 0.615 bits per heavy atom. The second-order valence-electron chi connectivity index (χ2n) is 5.27. The van der Waals surface area contributed by atoms with E-state index in [-0.39, 0.29) is 32.7 Å². The maximum absolute atomic E-state index is 8.63. The molecule has 0 spiro atoms. The summed E-state index contributed by atoms with van der Waals surface area (Å²) in [5.74, 6) is 0.644. The first-order valence-corrected chi connectivity index (χ1v) is 13.5. The minimum absolute atomic E-state index is 0. The molecule has 3 aromatic carbocycles. The number of phenolic OH excluding ortho intramolecular Hbond substituents is 2. The van der Waals surface area contributed by atoms with Crippen molar-refractivity contribution in [2.45, 2.75) is 82.1 Å². The molecule has 0 radical (unpaired) electrons. The van der Waals surface area contributed by atoms with E-state index in [2.05, 4.69) is 26.8 Å². The predicted octanol–water partition coefficient (Wildman–Crippen LogP) is 11.0. The van der Waals surface area contributed by atoms with Crippen LogP contribution in [0.3, 0.4) is 0 Å². The van der Waals surface area contributed by atoms with Crippen molar-refractivity contribution in [2.24, 2.45) is 0 Å². The maximum atomic E-state index is 8.63. The third-order valence-electron chi connectivity index (χ3n) is 2.81. The third kappa shape index (κ3) is 86.0. The van der Waals surface area contributed by atoms with E-state index in [9.17, 15) is 0 Å². The van der Waals surface area contributed by atoms with Gasteiger partial charge in [-0.25, -0.2) is 0 Å². The molecule has 0 amide bonds. The molecule has 3 N–H and O–H groups in total. The fraction of sp³-hybridized carbons (Fsp3) is 0.371. The molecule has 0 bridgehead atoms. The van der Waals surface area contributed by atoms with Crippen LogP contribution in [0.2, 0.25) is 0 Å². The Labute approximate surface area is 270 Å². The molecule has 0 saturated carbocycles. The molecule has 3 rings (SSSR count). The van der Waals surface area contributed by atoms with Crippen LogP contribution in [0.25, 0.3) is 0 Å². The minimum Gasteiger partial charge on any atom is -0.508 e. The summed E-state index contributed by atoms with van der Waals surface area (Å²) in [4.78, 5) is 0. The summed E-state index contributed by atoms with van der Waals surface area (Å²) in [5, 5.41) is 24.3. The number of allylic oxidation sites excluding steroid dienone is 2. The fourth-order valence-electron chi connectivity index (χ4n) is 1.20. The molecule has 0 aliphatic rings. The zero-order chi connectivity index (χ0) is 31.3. The Morgan fingerprint density at radius 3 is 0.923 bits per heavy atom. The van der Waals surface area contributed by atoms with Crippen LogP contribution in [0.1, 0.15) is 82.1 Å². The van der Waals surface area contributed by atoms with Crippen LogP contribution < -0.4 is 0 Å². The Hall–Kier alpha value is -1.94. The number of benzene rings is 3. The average molecular weight is 619 g/mol. The number of aliphatic hydroxyl groups is 1. The summed E-state index contributed by atoms with van der Waals surface area (Å²) in [5.41, 5.74) is 0. The molecule has 0 aliphatic carbocycles. The standard InChI is InChI=1S/2C6H6O.C6H5.C4H9.C4H8.3C2H6.C2H5.CH4O.Y/c2*7-6-4-2-1-3-5-6;1-2-4-6-5-3-1;2*1-3-4-2;5*1-2;/h2*1-5,7H;1-5H;1,3-4H2,2H3;3-4H,1-2H3;3*1-2H3;1H2,2H3;2H,1H3;/q;;2*-1;;;;;-1;;+3/b;;;;4-3+;;;;;;. The van der Waals surface area contributed by atoms with Gasteiger partial charge in [0.05, 0.1) is 0 Å². The summed E-state index contributed by atoms with van der Waals surface area (Å²) in [6.45, 7) is 26.7. The van der Waals surface area contributed by atoms with Gasteiger partial charge in [-0.05, 0) is 38.1 Å². The van der Waals surface area contributed by atoms with Crippen LogP contribution in [0.4, 0.5) is 0 Å². The maximum Gasteiger partial charge on any atom is 3.00 e. The van der Waals surface area contributed by atoms with Crippen molar-refractivity contribution in [3.05, 3.63) is 123 Å². The van der Waals surface area contributed by atoms with Crippen LogP contribution in [0.5, 0.6) is 11.5 Å². The molecule has 39 heavy (non-hydrogen) atoms. The largest absolute Gasteiger partial charge is 3.00 e. The number of rotatable bonds is 1. The van der Waals surface area contributed by atoms with Gasteiger partial charge in [0.2, 0.25) is 0 Å². The molecule has 4 heteroatoms. The van der Waals surface area contributed by atoms with Gasteiger partial charge in [-0.15, -0.1) is 0 Å². The summed E-state index contributed by atoms with van der Waals surface area (Å²) in [6, 6.07) is 29.9. The molecular formula is C35H61O3Y. The van der Waals surface area contributed by atoms with Gasteiger partial charge in [0, 0.05) is 7.11 Å². The predicted molar refractivity (Wildman–Crippen MR) is 175 cm³/mol. The number of phenols is 2. The minimum atomic E-state index is 0. The van der Waals surface area contributed by atoms with Crippen molar-refractivity contribution in [1.29, 1.82) is 0 Å². The quantitative estimate of drug-likeness (QED) is 0.188. The van der Waals surface area contributed by atoms with Crippen molar-refractivity contribution >= 4 is 0 Å². The average Bonchev–Trinajstić information content (AvgIpc) is 3.04. The van der Waals surface area contributed by atoms with Crippen LogP contribution in [0.15, 0.2) is 103 Å². The summed E-state index contributed by atoms with van der Waals surface area (Å²) in [7, 11) is 1.00. The second-order valence-corrected chi connectivity index (χ2v) is 5.27. The van der Waals surface area contributed by atoms with E-state index < -0.39 is 0 Å². The van der Waals surface area contributed by atoms with Gasteiger partial charge in [-0.3, -0.25) is 0 Å². The van der Waals surface area contributed by atoms with Gasteiger partial charge in [0.15, 0.2) is 0 Å². The number of unbranched alkanes of at least 4 members (excludes halogenated alkanes) is 1. The van der Waals surface area contributed by atoms with Gasteiger partial charge in [0.25, 0.3) is 0 Å². The Balaban J connectivity index is -0.0000000478. The van der Waals surface area contributed by atoms with Crippen molar-refractivity contribution in [2.75, 3.05) is 7.11 Å². The molecule has 222 valence electrons. The third-order valence-corrected chi connectivity index (χ3v) is 2.81. The molecule has 0 aromatic heterocycles. The van der Waals surface area contributed by atoms with Gasteiger partial charge < -0.3 is 29.2 Å². The summed E-state index contributed by atoms with van der Waals surface area (Å²) >= 11 is 0. The van der Waals surface area contributed by atoms with Crippen molar-refractivity contribution < 1.29 is 48.0 Å². The molecule has 0 fully saturated rings. The Morgan fingerprint density at radius 2 is 0.846 bits per heavy atom. The van der Waals surface area contributed by atoms with E-state index in [1.165, 1.54) is 6.42 Å². The smallest absolute Gasteiger partial charge is 0.508 e. The zero-order valence-electron chi connectivity index (χ0n) is 27.1.